The molecule has 4 heteroatoms. The van der Waals surface area contributed by atoms with E-state index < -0.39 is 0 Å². The van der Waals surface area contributed by atoms with Crippen molar-refractivity contribution < 1.29 is 9.47 Å². The zero-order valence-electron chi connectivity index (χ0n) is 10.2. The van der Waals surface area contributed by atoms with Crippen molar-refractivity contribution in [3.8, 4) is 5.75 Å². The third-order valence-electron chi connectivity index (χ3n) is 2.30. The third-order valence-corrected chi connectivity index (χ3v) is 2.30. The summed E-state index contributed by atoms with van der Waals surface area (Å²) in [6.07, 6.45) is 2.24. The van der Waals surface area contributed by atoms with Crippen LogP contribution in [0, 0.1) is 5.41 Å². The molecule has 94 valence electrons. The van der Waals surface area contributed by atoms with E-state index in [1.165, 1.54) is 0 Å². The highest BCUT2D eigenvalue weighted by molar-refractivity contribution is 5.94. The Hall–Kier alpha value is -1.55. The van der Waals surface area contributed by atoms with Gasteiger partial charge in [0.1, 0.15) is 18.2 Å². The van der Waals surface area contributed by atoms with E-state index in [9.17, 15) is 0 Å². The molecule has 4 nitrogen and oxygen atoms in total. The van der Waals surface area contributed by atoms with Gasteiger partial charge in [0, 0.05) is 12.2 Å². The molecule has 1 rings (SSSR count). The molecular formula is C13H20N2O2. The zero-order valence-corrected chi connectivity index (χ0v) is 10.2. The molecule has 1 aromatic rings. The third kappa shape index (κ3) is 5.36. The first-order chi connectivity index (χ1) is 8.24. The number of ether oxygens (including phenoxy) is 2. The van der Waals surface area contributed by atoms with Crippen molar-refractivity contribution >= 4 is 5.84 Å². The second-order valence-electron chi connectivity index (χ2n) is 3.75. The SMILES string of the molecule is CCCCOCCOc1ccc(C(=N)N)cc1. The first-order valence-electron chi connectivity index (χ1n) is 5.89. The molecule has 0 spiro atoms. The van der Waals surface area contributed by atoms with Gasteiger partial charge in [0.2, 0.25) is 0 Å². The minimum absolute atomic E-state index is 0.0689. The lowest BCUT2D eigenvalue weighted by atomic mass is 10.2. The Morgan fingerprint density at radius 2 is 1.88 bits per heavy atom. The lowest BCUT2D eigenvalue weighted by molar-refractivity contribution is 0.0980. The Bertz CT molecular complexity index is 336. The minimum atomic E-state index is 0.0689. The molecule has 0 bridgehead atoms. The normalized spacial score (nSPS) is 10.2. The fourth-order valence-electron chi connectivity index (χ4n) is 1.30. The summed E-state index contributed by atoms with van der Waals surface area (Å²) in [5.74, 6) is 0.841. The average molecular weight is 236 g/mol. The Morgan fingerprint density at radius 1 is 1.18 bits per heavy atom. The van der Waals surface area contributed by atoms with Gasteiger partial charge in [0.15, 0.2) is 0 Å². The Balaban J connectivity index is 2.21. The first kappa shape index (κ1) is 13.5. The van der Waals surface area contributed by atoms with Crippen LogP contribution in [-0.2, 0) is 4.74 Å². The van der Waals surface area contributed by atoms with E-state index >= 15 is 0 Å². The molecule has 0 aromatic heterocycles. The van der Waals surface area contributed by atoms with Crippen LogP contribution < -0.4 is 10.5 Å². The van der Waals surface area contributed by atoms with Crippen molar-refractivity contribution in [2.24, 2.45) is 5.73 Å². The van der Waals surface area contributed by atoms with Gasteiger partial charge in [-0.1, -0.05) is 13.3 Å². The smallest absolute Gasteiger partial charge is 0.122 e. The predicted octanol–water partition coefficient (Wildman–Crippen LogP) is 2.17. The van der Waals surface area contributed by atoms with Gasteiger partial charge >= 0.3 is 0 Å². The summed E-state index contributed by atoms with van der Waals surface area (Å²) >= 11 is 0. The summed E-state index contributed by atoms with van der Waals surface area (Å²) in [6.45, 7) is 4.08. The van der Waals surface area contributed by atoms with Gasteiger partial charge < -0.3 is 15.2 Å². The van der Waals surface area contributed by atoms with Crippen LogP contribution in [0.15, 0.2) is 24.3 Å². The van der Waals surface area contributed by atoms with Crippen molar-refractivity contribution in [1.82, 2.24) is 0 Å². The molecule has 3 N–H and O–H groups in total. The second-order valence-corrected chi connectivity index (χ2v) is 3.75. The van der Waals surface area contributed by atoms with Crippen molar-refractivity contribution in [3.05, 3.63) is 29.8 Å². The van der Waals surface area contributed by atoms with Gasteiger partial charge in [0.25, 0.3) is 0 Å². The monoisotopic (exact) mass is 236 g/mol. The van der Waals surface area contributed by atoms with Crippen LogP contribution in [0.2, 0.25) is 0 Å². The zero-order chi connectivity index (χ0) is 12.5. The van der Waals surface area contributed by atoms with Gasteiger partial charge in [-0.15, -0.1) is 0 Å². The van der Waals surface area contributed by atoms with Crippen LogP contribution in [0.3, 0.4) is 0 Å². The van der Waals surface area contributed by atoms with Gasteiger partial charge in [-0.05, 0) is 30.7 Å². The van der Waals surface area contributed by atoms with Gasteiger partial charge in [-0.25, -0.2) is 0 Å². The van der Waals surface area contributed by atoms with E-state index in [-0.39, 0.29) is 5.84 Å². The molecule has 0 heterocycles. The lowest BCUT2D eigenvalue weighted by Gasteiger charge is -2.07. The molecule has 1 aromatic carbocycles. The maximum atomic E-state index is 7.26. The molecule has 0 aliphatic rings. The molecular weight excluding hydrogens is 216 g/mol. The minimum Gasteiger partial charge on any atom is -0.491 e. The highest BCUT2D eigenvalue weighted by Crippen LogP contribution is 2.11. The van der Waals surface area contributed by atoms with Crippen LogP contribution in [-0.4, -0.2) is 25.7 Å². The molecule has 0 aliphatic heterocycles. The van der Waals surface area contributed by atoms with Crippen LogP contribution in [0.25, 0.3) is 0 Å². The topological polar surface area (TPSA) is 68.3 Å². The molecule has 0 amide bonds. The van der Waals surface area contributed by atoms with E-state index in [2.05, 4.69) is 6.92 Å². The van der Waals surface area contributed by atoms with Gasteiger partial charge in [0.05, 0.1) is 6.61 Å². The highest BCUT2D eigenvalue weighted by Gasteiger charge is 1.97. The van der Waals surface area contributed by atoms with Gasteiger partial charge in [-0.2, -0.15) is 0 Å². The van der Waals surface area contributed by atoms with Crippen molar-refractivity contribution in [2.75, 3.05) is 19.8 Å². The summed E-state index contributed by atoms with van der Waals surface area (Å²) in [7, 11) is 0. The van der Waals surface area contributed by atoms with E-state index in [1.807, 2.05) is 12.1 Å². The molecule has 0 saturated heterocycles. The van der Waals surface area contributed by atoms with Gasteiger partial charge in [-0.3, -0.25) is 5.41 Å². The summed E-state index contributed by atoms with van der Waals surface area (Å²) < 4.78 is 10.9. The van der Waals surface area contributed by atoms with Crippen molar-refractivity contribution in [3.63, 3.8) is 0 Å². The second kappa shape index (κ2) is 7.68. The largest absolute Gasteiger partial charge is 0.491 e. The van der Waals surface area contributed by atoms with Crippen LogP contribution in [0.4, 0.5) is 0 Å². The number of hydrogen-bond acceptors (Lipinski definition) is 3. The van der Waals surface area contributed by atoms with Crippen LogP contribution >= 0.6 is 0 Å². The fourth-order valence-corrected chi connectivity index (χ4v) is 1.30. The summed E-state index contributed by atoms with van der Waals surface area (Å²) in [6, 6.07) is 7.16. The number of amidine groups is 1. The number of benzene rings is 1. The number of hydrogen-bond donors (Lipinski definition) is 2. The molecule has 0 atom stereocenters. The van der Waals surface area contributed by atoms with Crippen molar-refractivity contribution in [1.29, 1.82) is 5.41 Å². The van der Waals surface area contributed by atoms with E-state index in [0.29, 0.717) is 18.8 Å². The van der Waals surface area contributed by atoms with Crippen LogP contribution in [0.5, 0.6) is 5.75 Å². The predicted molar refractivity (Wildman–Crippen MR) is 68.7 cm³/mol. The number of unbranched alkanes of at least 4 members (excludes halogenated alkanes) is 1. The Labute approximate surface area is 102 Å². The van der Waals surface area contributed by atoms with E-state index in [1.54, 1.807) is 12.1 Å². The number of nitrogen functional groups attached to an aromatic ring is 1. The average Bonchev–Trinajstić information content (AvgIpc) is 2.34. The molecule has 17 heavy (non-hydrogen) atoms. The lowest BCUT2D eigenvalue weighted by Crippen LogP contribution is -2.11. The molecule has 0 aliphatic carbocycles. The summed E-state index contributed by atoms with van der Waals surface area (Å²) in [4.78, 5) is 0. The number of nitrogens with one attached hydrogen (secondary N) is 1. The van der Waals surface area contributed by atoms with Crippen molar-refractivity contribution in [2.45, 2.75) is 19.8 Å². The maximum Gasteiger partial charge on any atom is 0.122 e. The standard InChI is InChI=1S/C13H20N2O2/c1-2-3-8-16-9-10-17-12-6-4-11(5-7-12)13(14)15/h4-7H,2-3,8-10H2,1H3,(H3,14,15). The summed E-state index contributed by atoms with van der Waals surface area (Å²) in [5.41, 5.74) is 6.06. The van der Waals surface area contributed by atoms with Crippen LogP contribution in [0.1, 0.15) is 25.3 Å². The molecule has 0 saturated carbocycles. The van der Waals surface area contributed by atoms with E-state index in [4.69, 9.17) is 20.6 Å². The fraction of sp³-hybridized carbons (Fsp3) is 0.462. The number of rotatable bonds is 8. The first-order valence-corrected chi connectivity index (χ1v) is 5.89. The highest BCUT2D eigenvalue weighted by atomic mass is 16.5. The Kier molecular flexibility index (Phi) is 6.10. The maximum absolute atomic E-state index is 7.26. The summed E-state index contributed by atoms with van der Waals surface area (Å²) in [5, 5.41) is 7.26. The molecule has 0 radical (unpaired) electrons. The molecule has 0 unspecified atom stereocenters. The Morgan fingerprint density at radius 3 is 2.47 bits per heavy atom. The van der Waals surface area contributed by atoms with E-state index in [0.717, 1.165) is 25.2 Å². The molecule has 0 fully saturated rings. The quantitative estimate of drug-likeness (QED) is 0.413. The number of nitrogens with two attached hydrogens (primary N) is 1.